The zero-order valence-electron chi connectivity index (χ0n) is 16.9. The number of amides is 1. The van der Waals surface area contributed by atoms with Crippen LogP contribution in [0.1, 0.15) is 15.9 Å². The minimum Gasteiger partial charge on any atom is -0.481 e. The molecule has 9 nitrogen and oxygen atoms in total. The number of rotatable bonds is 9. The van der Waals surface area contributed by atoms with Crippen LogP contribution in [0.4, 0.5) is 5.69 Å². The molecule has 0 aliphatic rings. The van der Waals surface area contributed by atoms with Gasteiger partial charge in [-0.3, -0.25) is 9.52 Å². The van der Waals surface area contributed by atoms with Crippen LogP contribution in [-0.4, -0.2) is 38.2 Å². The maximum atomic E-state index is 12.6. The third-order valence-corrected chi connectivity index (χ3v) is 5.77. The Bertz CT molecular complexity index is 1290. The van der Waals surface area contributed by atoms with E-state index in [4.69, 9.17) is 21.4 Å². The number of hydrogen-bond acceptors (Lipinski definition) is 6. The van der Waals surface area contributed by atoms with Crippen LogP contribution in [0.25, 0.3) is 0 Å². The quantitative estimate of drug-likeness (QED) is 0.313. The lowest BCUT2D eigenvalue weighted by molar-refractivity contribution is -0.139. The first-order valence-corrected chi connectivity index (χ1v) is 11.3. The summed E-state index contributed by atoms with van der Waals surface area (Å²) < 4.78 is 32.9. The Hall–Kier alpha value is -3.89. The van der Waals surface area contributed by atoms with Gasteiger partial charge < -0.3 is 9.84 Å². The highest BCUT2D eigenvalue weighted by Gasteiger charge is 2.16. The summed E-state index contributed by atoms with van der Waals surface area (Å²) in [4.78, 5) is 23.0. The lowest BCUT2D eigenvalue weighted by atomic mass is 10.2. The molecule has 0 bridgehead atoms. The van der Waals surface area contributed by atoms with Gasteiger partial charge in [-0.25, -0.2) is 18.6 Å². The number of carboxylic acids is 1. The number of para-hydroxylation sites is 1. The van der Waals surface area contributed by atoms with E-state index in [0.717, 1.165) is 0 Å². The van der Waals surface area contributed by atoms with Crippen LogP contribution in [-0.2, 0) is 14.8 Å². The number of carbonyl (C=O) groups excluding carboxylic acids is 1. The van der Waals surface area contributed by atoms with Gasteiger partial charge in [-0.15, -0.1) is 0 Å². The molecule has 0 heterocycles. The Morgan fingerprint density at radius 2 is 1.76 bits per heavy atom. The lowest BCUT2D eigenvalue weighted by Crippen LogP contribution is -2.19. The maximum Gasteiger partial charge on any atom is 0.341 e. The van der Waals surface area contributed by atoms with E-state index in [2.05, 4.69) is 15.2 Å². The van der Waals surface area contributed by atoms with Gasteiger partial charge in [-0.05, 0) is 54.6 Å². The van der Waals surface area contributed by atoms with Crippen molar-refractivity contribution in [3.05, 3.63) is 88.9 Å². The van der Waals surface area contributed by atoms with Crippen LogP contribution in [0.15, 0.2) is 82.8 Å². The van der Waals surface area contributed by atoms with Crippen molar-refractivity contribution in [1.82, 2.24) is 5.43 Å². The first-order valence-electron chi connectivity index (χ1n) is 9.40. The molecule has 33 heavy (non-hydrogen) atoms. The Labute approximate surface area is 194 Å². The highest BCUT2D eigenvalue weighted by Crippen LogP contribution is 2.19. The van der Waals surface area contributed by atoms with Crippen molar-refractivity contribution in [3.8, 4) is 5.75 Å². The maximum absolute atomic E-state index is 12.6. The van der Waals surface area contributed by atoms with E-state index in [0.29, 0.717) is 16.3 Å². The largest absolute Gasteiger partial charge is 0.481 e. The van der Waals surface area contributed by atoms with Crippen molar-refractivity contribution in [3.63, 3.8) is 0 Å². The molecule has 1 amide bonds. The topological polar surface area (TPSA) is 134 Å². The van der Waals surface area contributed by atoms with Crippen molar-refractivity contribution in [2.24, 2.45) is 5.10 Å². The normalized spacial score (nSPS) is 11.2. The fourth-order valence-corrected chi connectivity index (χ4v) is 3.85. The number of nitrogens with zero attached hydrogens (tertiary/aromatic N) is 1. The predicted octanol–water partition coefficient (Wildman–Crippen LogP) is 3.37. The zero-order valence-corrected chi connectivity index (χ0v) is 18.5. The van der Waals surface area contributed by atoms with Crippen LogP contribution in [0.3, 0.4) is 0 Å². The number of benzene rings is 3. The number of nitrogens with one attached hydrogen (secondary N) is 2. The fraction of sp³-hybridized carbons (Fsp3) is 0.0455. The zero-order chi connectivity index (χ0) is 23.8. The molecule has 0 aliphatic heterocycles. The smallest absolute Gasteiger partial charge is 0.341 e. The number of hydrazone groups is 1. The monoisotopic (exact) mass is 487 g/mol. The molecule has 11 heteroatoms. The number of hydrogen-bond donors (Lipinski definition) is 3. The Morgan fingerprint density at radius 1 is 1.03 bits per heavy atom. The summed E-state index contributed by atoms with van der Waals surface area (Å²) in [6, 6.07) is 18.1. The van der Waals surface area contributed by atoms with E-state index in [-0.39, 0.29) is 16.2 Å². The molecule has 3 aromatic carbocycles. The van der Waals surface area contributed by atoms with E-state index in [1.54, 1.807) is 36.4 Å². The predicted molar refractivity (Wildman–Crippen MR) is 123 cm³/mol. The summed E-state index contributed by atoms with van der Waals surface area (Å²) in [5.74, 6) is -1.49. The number of sulfonamides is 1. The molecule has 0 unspecified atom stereocenters. The van der Waals surface area contributed by atoms with Crippen LogP contribution >= 0.6 is 11.6 Å². The van der Waals surface area contributed by atoms with Crippen molar-refractivity contribution in [2.75, 3.05) is 11.3 Å². The highest BCUT2D eigenvalue weighted by atomic mass is 35.5. The minimum atomic E-state index is -3.94. The number of halogens is 1. The standard InChI is InChI=1S/C22H18ClN3O6S/c23-17-8-10-18(11-9-17)26-33(30,31)19-6-3-5-15(12-19)22(29)25-24-13-16-4-1-2-7-20(16)32-14-21(27)28/h1-13,26H,14H2,(H,25,29)(H,27,28)/b24-13+. The van der Waals surface area contributed by atoms with Gasteiger partial charge in [0, 0.05) is 21.8 Å². The van der Waals surface area contributed by atoms with Gasteiger partial charge in [0.05, 0.1) is 11.1 Å². The highest BCUT2D eigenvalue weighted by molar-refractivity contribution is 7.92. The molecule has 0 spiro atoms. The van der Waals surface area contributed by atoms with Gasteiger partial charge in [0.25, 0.3) is 15.9 Å². The van der Waals surface area contributed by atoms with Gasteiger partial charge >= 0.3 is 5.97 Å². The molecular formula is C22H18ClN3O6S. The summed E-state index contributed by atoms with van der Waals surface area (Å²) >= 11 is 5.81. The molecule has 0 saturated heterocycles. The molecule has 3 N–H and O–H groups in total. The van der Waals surface area contributed by atoms with E-state index in [1.165, 1.54) is 42.6 Å². The first-order chi connectivity index (χ1) is 15.7. The van der Waals surface area contributed by atoms with Crippen molar-refractivity contribution < 1.29 is 27.9 Å². The van der Waals surface area contributed by atoms with Gasteiger partial charge in [0.2, 0.25) is 0 Å². The van der Waals surface area contributed by atoms with Crippen LogP contribution in [0.5, 0.6) is 5.75 Å². The van der Waals surface area contributed by atoms with Crippen LogP contribution in [0, 0.1) is 0 Å². The molecule has 3 aromatic rings. The van der Waals surface area contributed by atoms with Gasteiger partial charge in [-0.2, -0.15) is 5.10 Å². The fourth-order valence-electron chi connectivity index (χ4n) is 2.62. The van der Waals surface area contributed by atoms with Crippen molar-refractivity contribution in [1.29, 1.82) is 0 Å². The molecule has 170 valence electrons. The number of carboxylic acid groups (broad SMARTS) is 1. The average Bonchev–Trinajstić information content (AvgIpc) is 2.80. The number of carbonyl (C=O) groups is 2. The van der Waals surface area contributed by atoms with Crippen molar-refractivity contribution >= 4 is 45.4 Å². The molecule has 0 aliphatic carbocycles. The summed E-state index contributed by atoms with van der Waals surface area (Å²) in [6.45, 7) is -0.525. The third kappa shape index (κ3) is 6.79. The number of anilines is 1. The minimum absolute atomic E-state index is 0.0709. The second-order valence-corrected chi connectivity index (χ2v) is 8.68. The van der Waals surface area contributed by atoms with Gasteiger partial charge in [0.15, 0.2) is 6.61 Å². The second kappa shape index (κ2) is 10.6. The Kier molecular flexibility index (Phi) is 7.65. The van der Waals surface area contributed by atoms with Gasteiger partial charge in [-0.1, -0.05) is 29.8 Å². The molecule has 0 radical (unpaired) electrons. The summed E-state index contributed by atoms with van der Waals surface area (Å²) in [5.41, 5.74) is 3.14. The van der Waals surface area contributed by atoms with Crippen LogP contribution < -0.4 is 14.9 Å². The molecule has 0 atom stereocenters. The molecule has 0 saturated carbocycles. The average molecular weight is 488 g/mol. The van der Waals surface area contributed by atoms with Gasteiger partial charge in [0.1, 0.15) is 5.75 Å². The Balaban J connectivity index is 1.70. The SMILES string of the molecule is O=C(O)COc1ccccc1/C=N/NC(=O)c1cccc(S(=O)(=O)Nc2ccc(Cl)cc2)c1. The van der Waals surface area contributed by atoms with E-state index < -0.39 is 28.5 Å². The summed E-state index contributed by atoms with van der Waals surface area (Å²) in [7, 11) is -3.94. The molecular weight excluding hydrogens is 470 g/mol. The summed E-state index contributed by atoms with van der Waals surface area (Å²) in [5, 5.41) is 13.1. The van der Waals surface area contributed by atoms with Crippen LogP contribution in [0.2, 0.25) is 5.02 Å². The van der Waals surface area contributed by atoms with Crippen molar-refractivity contribution in [2.45, 2.75) is 4.90 Å². The lowest BCUT2D eigenvalue weighted by Gasteiger charge is -2.09. The third-order valence-electron chi connectivity index (χ3n) is 4.14. The first kappa shape index (κ1) is 23.8. The van der Waals surface area contributed by atoms with E-state index >= 15 is 0 Å². The molecule has 3 rings (SSSR count). The Morgan fingerprint density at radius 3 is 2.48 bits per heavy atom. The number of aliphatic carboxylic acids is 1. The second-order valence-electron chi connectivity index (χ2n) is 6.56. The van der Waals surface area contributed by atoms with E-state index in [1.807, 2.05) is 0 Å². The summed E-state index contributed by atoms with van der Waals surface area (Å²) in [6.07, 6.45) is 1.29. The van der Waals surface area contributed by atoms with E-state index in [9.17, 15) is 18.0 Å². The molecule has 0 fully saturated rings. The molecule has 0 aromatic heterocycles. The number of ether oxygens (including phenoxy) is 1.